The van der Waals surface area contributed by atoms with E-state index in [0.717, 1.165) is 37.3 Å². The zero-order valence-corrected chi connectivity index (χ0v) is 11.7. The Bertz CT molecular complexity index is 565. The quantitative estimate of drug-likeness (QED) is 0.830. The summed E-state index contributed by atoms with van der Waals surface area (Å²) in [4.78, 5) is 0. The van der Waals surface area contributed by atoms with E-state index >= 15 is 0 Å². The van der Waals surface area contributed by atoms with Crippen LogP contribution in [0.5, 0.6) is 0 Å². The van der Waals surface area contributed by atoms with Crippen LogP contribution >= 0.6 is 0 Å². The average molecular weight is 279 g/mol. The van der Waals surface area contributed by atoms with Crippen LogP contribution in [-0.4, -0.2) is 6.54 Å². The maximum Gasteiger partial charge on any atom is 0.159 e. The fourth-order valence-electron chi connectivity index (χ4n) is 2.11. The third-order valence-electron chi connectivity index (χ3n) is 3.22. The fraction of sp³-hybridized carbons (Fsp3) is 0.375. The highest BCUT2D eigenvalue weighted by molar-refractivity contribution is 5.57. The minimum atomic E-state index is -0.864. The highest BCUT2D eigenvalue weighted by Gasteiger charge is 2.14. The van der Waals surface area contributed by atoms with Gasteiger partial charge in [0.2, 0.25) is 0 Å². The summed E-state index contributed by atoms with van der Waals surface area (Å²) in [5, 5.41) is 3.39. The Hall–Kier alpha value is -1.68. The normalized spacial score (nSPS) is 12.6. The van der Waals surface area contributed by atoms with Gasteiger partial charge in [0.1, 0.15) is 11.5 Å². The van der Waals surface area contributed by atoms with Crippen molar-refractivity contribution in [3.63, 3.8) is 0 Å². The van der Waals surface area contributed by atoms with Crippen LogP contribution in [0.4, 0.5) is 8.78 Å². The van der Waals surface area contributed by atoms with Crippen molar-refractivity contribution in [2.24, 2.45) is 0 Å². The van der Waals surface area contributed by atoms with Crippen LogP contribution in [0.2, 0.25) is 0 Å². The van der Waals surface area contributed by atoms with E-state index in [1.165, 1.54) is 6.07 Å². The van der Waals surface area contributed by atoms with Gasteiger partial charge in [0.25, 0.3) is 0 Å². The lowest BCUT2D eigenvalue weighted by molar-refractivity contribution is 0.410. The van der Waals surface area contributed by atoms with Crippen molar-refractivity contribution >= 4 is 0 Å². The third kappa shape index (κ3) is 3.25. The molecule has 0 aliphatic carbocycles. The monoisotopic (exact) mass is 279 g/mol. The van der Waals surface area contributed by atoms with Gasteiger partial charge in [0.05, 0.1) is 6.04 Å². The summed E-state index contributed by atoms with van der Waals surface area (Å²) >= 11 is 0. The molecule has 0 bridgehead atoms. The summed E-state index contributed by atoms with van der Waals surface area (Å²) < 4.78 is 31.9. The summed E-state index contributed by atoms with van der Waals surface area (Å²) in [6.45, 7) is 5.10. The molecular formula is C16H19F2NO. The van der Waals surface area contributed by atoms with E-state index in [4.69, 9.17) is 4.42 Å². The van der Waals surface area contributed by atoms with Crippen molar-refractivity contribution in [1.82, 2.24) is 5.32 Å². The van der Waals surface area contributed by atoms with Gasteiger partial charge in [0, 0.05) is 5.56 Å². The standard InChI is InChI=1S/C16H19F2NO/c1-3-9-19-14(4-2)16-8-7-15(20-16)11-5-6-12(17)13(18)10-11/h5-8,10,14,19H,3-4,9H2,1-2H3. The Morgan fingerprint density at radius 3 is 2.55 bits per heavy atom. The van der Waals surface area contributed by atoms with Crippen molar-refractivity contribution < 1.29 is 13.2 Å². The second kappa shape index (κ2) is 6.66. The molecule has 1 atom stereocenters. The predicted molar refractivity (Wildman–Crippen MR) is 75.4 cm³/mol. The number of hydrogen-bond donors (Lipinski definition) is 1. The lowest BCUT2D eigenvalue weighted by Crippen LogP contribution is -2.20. The van der Waals surface area contributed by atoms with E-state index in [0.29, 0.717) is 11.3 Å². The number of benzene rings is 1. The predicted octanol–water partition coefficient (Wildman–Crippen LogP) is 4.68. The van der Waals surface area contributed by atoms with E-state index in [9.17, 15) is 8.78 Å². The fourth-order valence-corrected chi connectivity index (χ4v) is 2.11. The van der Waals surface area contributed by atoms with Gasteiger partial charge in [-0.2, -0.15) is 0 Å². The molecule has 0 amide bonds. The summed E-state index contributed by atoms with van der Waals surface area (Å²) in [5.41, 5.74) is 0.542. The molecule has 1 N–H and O–H groups in total. The molecule has 0 aliphatic rings. The second-order valence-electron chi connectivity index (χ2n) is 4.75. The minimum Gasteiger partial charge on any atom is -0.459 e. The number of nitrogens with one attached hydrogen (secondary N) is 1. The zero-order valence-electron chi connectivity index (χ0n) is 11.7. The average Bonchev–Trinajstić information content (AvgIpc) is 2.92. The van der Waals surface area contributed by atoms with Crippen molar-refractivity contribution in [2.75, 3.05) is 6.54 Å². The Morgan fingerprint density at radius 2 is 1.90 bits per heavy atom. The molecular weight excluding hydrogens is 260 g/mol. The molecule has 0 fully saturated rings. The number of furan rings is 1. The third-order valence-corrected chi connectivity index (χ3v) is 3.22. The van der Waals surface area contributed by atoms with E-state index < -0.39 is 11.6 Å². The molecule has 20 heavy (non-hydrogen) atoms. The van der Waals surface area contributed by atoms with Crippen LogP contribution in [0, 0.1) is 11.6 Å². The van der Waals surface area contributed by atoms with Crippen LogP contribution < -0.4 is 5.32 Å². The zero-order chi connectivity index (χ0) is 14.5. The van der Waals surface area contributed by atoms with Crippen LogP contribution in [0.3, 0.4) is 0 Å². The van der Waals surface area contributed by atoms with Crippen LogP contribution in [0.15, 0.2) is 34.7 Å². The summed E-state index contributed by atoms with van der Waals surface area (Å²) in [7, 11) is 0. The first-order valence-electron chi connectivity index (χ1n) is 6.94. The molecule has 1 unspecified atom stereocenters. The molecule has 0 saturated carbocycles. The van der Waals surface area contributed by atoms with E-state index in [2.05, 4.69) is 19.2 Å². The van der Waals surface area contributed by atoms with Crippen LogP contribution in [-0.2, 0) is 0 Å². The molecule has 0 saturated heterocycles. The lowest BCUT2D eigenvalue weighted by atomic mass is 10.1. The Labute approximate surface area is 117 Å². The summed E-state index contributed by atoms with van der Waals surface area (Å²) in [6, 6.07) is 7.60. The van der Waals surface area contributed by atoms with Gasteiger partial charge in [-0.25, -0.2) is 8.78 Å². The van der Waals surface area contributed by atoms with E-state index in [1.54, 1.807) is 6.07 Å². The first kappa shape index (κ1) is 14.7. The van der Waals surface area contributed by atoms with Gasteiger partial charge in [-0.3, -0.25) is 0 Å². The maximum absolute atomic E-state index is 13.2. The molecule has 2 rings (SSSR count). The molecule has 4 heteroatoms. The summed E-state index contributed by atoms with van der Waals surface area (Å²) in [5.74, 6) is -0.343. The number of rotatable bonds is 6. The highest BCUT2D eigenvalue weighted by atomic mass is 19.2. The van der Waals surface area contributed by atoms with E-state index in [1.807, 2.05) is 6.07 Å². The molecule has 1 heterocycles. The van der Waals surface area contributed by atoms with Gasteiger partial charge >= 0.3 is 0 Å². The van der Waals surface area contributed by atoms with Gasteiger partial charge in [0.15, 0.2) is 11.6 Å². The molecule has 2 nitrogen and oxygen atoms in total. The topological polar surface area (TPSA) is 25.2 Å². The molecule has 0 aliphatic heterocycles. The smallest absolute Gasteiger partial charge is 0.159 e. The van der Waals surface area contributed by atoms with Crippen molar-refractivity contribution in [3.8, 4) is 11.3 Å². The van der Waals surface area contributed by atoms with Crippen molar-refractivity contribution in [3.05, 3.63) is 47.7 Å². The van der Waals surface area contributed by atoms with Crippen molar-refractivity contribution in [2.45, 2.75) is 32.7 Å². The van der Waals surface area contributed by atoms with E-state index in [-0.39, 0.29) is 6.04 Å². The Morgan fingerprint density at radius 1 is 1.10 bits per heavy atom. The minimum absolute atomic E-state index is 0.147. The van der Waals surface area contributed by atoms with Gasteiger partial charge in [-0.05, 0) is 49.7 Å². The Balaban J connectivity index is 2.20. The molecule has 1 aromatic heterocycles. The molecule has 0 radical (unpaired) electrons. The SMILES string of the molecule is CCCNC(CC)c1ccc(-c2ccc(F)c(F)c2)o1. The van der Waals surface area contributed by atoms with Gasteiger partial charge in [-0.1, -0.05) is 13.8 Å². The maximum atomic E-state index is 13.2. The van der Waals surface area contributed by atoms with Crippen LogP contribution in [0.1, 0.15) is 38.5 Å². The molecule has 2 aromatic rings. The first-order chi connectivity index (χ1) is 9.65. The second-order valence-corrected chi connectivity index (χ2v) is 4.75. The van der Waals surface area contributed by atoms with Gasteiger partial charge in [-0.15, -0.1) is 0 Å². The van der Waals surface area contributed by atoms with Crippen molar-refractivity contribution in [1.29, 1.82) is 0 Å². The largest absolute Gasteiger partial charge is 0.459 e. The van der Waals surface area contributed by atoms with Gasteiger partial charge < -0.3 is 9.73 Å². The summed E-state index contributed by atoms with van der Waals surface area (Å²) in [6.07, 6.45) is 1.96. The number of hydrogen-bond acceptors (Lipinski definition) is 2. The molecule has 108 valence electrons. The Kier molecular flexibility index (Phi) is 4.90. The molecule has 1 aromatic carbocycles. The van der Waals surface area contributed by atoms with Crippen LogP contribution in [0.25, 0.3) is 11.3 Å². The highest BCUT2D eigenvalue weighted by Crippen LogP contribution is 2.27. The lowest BCUT2D eigenvalue weighted by Gasteiger charge is -2.13. The number of halogens is 2. The molecule has 0 spiro atoms. The first-order valence-corrected chi connectivity index (χ1v) is 6.94.